The van der Waals surface area contributed by atoms with Gasteiger partial charge in [-0.3, -0.25) is 9.20 Å². The lowest BCUT2D eigenvalue weighted by Gasteiger charge is -2.22. The van der Waals surface area contributed by atoms with Gasteiger partial charge in [-0.05, 0) is 87.0 Å². The number of carbonyl (C=O) groups excluding carboxylic acids is 1. The van der Waals surface area contributed by atoms with Crippen LogP contribution in [0, 0.1) is 5.82 Å². The molecule has 4 aromatic rings. The molecule has 0 spiro atoms. The Morgan fingerprint density at radius 2 is 1.93 bits per heavy atom. The maximum atomic E-state index is 13.4. The standard InChI is InChI=1S/C32H39FN6O2S/c1-3-27-31(36(2)32-35-28(21-42-32)23-6-9-25(33)10-7-23)39-19-24(8-11-29(39)34-27)22-5-4-15-37(16-12-22)17-14-30(41)38-18-13-26(40)20-38/h6-11,19,21-22,26,40H,3-5,12-18,20H2,1-2H3. The van der Waals surface area contributed by atoms with E-state index in [9.17, 15) is 14.3 Å². The second-order valence-corrected chi connectivity index (χ2v) is 12.3. The van der Waals surface area contributed by atoms with Crippen LogP contribution in [0.5, 0.6) is 0 Å². The van der Waals surface area contributed by atoms with Crippen molar-refractivity contribution in [2.45, 2.75) is 57.5 Å². The minimum absolute atomic E-state index is 0.159. The van der Waals surface area contributed by atoms with Gasteiger partial charge in [-0.1, -0.05) is 13.0 Å². The summed E-state index contributed by atoms with van der Waals surface area (Å²) in [6, 6.07) is 10.8. The van der Waals surface area contributed by atoms with Crippen LogP contribution in [0.4, 0.5) is 15.3 Å². The number of β-amino-alcohol motifs (C(OH)–C–C–N with tert-alkyl or cyclic N) is 1. The van der Waals surface area contributed by atoms with Gasteiger partial charge in [0.05, 0.1) is 17.5 Å². The fourth-order valence-electron chi connectivity index (χ4n) is 6.29. The van der Waals surface area contributed by atoms with Gasteiger partial charge in [0, 0.05) is 50.2 Å². The third-order valence-corrected chi connectivity index (χ3v) is 9.62. The molecule has 6 rings (SSSR count). The van der Waals surface area contributed by atoms with Crippen molar-refractivity contribution in [2.24, 2.45) is 0 Å². The van der Waals surface area contributed by atoms with Crippen LogP contribution in [-0.2, 0) is 11.2 Å². The monoisotopic (exact) mass is 590 g/mol. The molecule has 5 heterocycles. The van der Waals surface area contributed by atoms with E-state index in [0.29, 0.717) is 31.8 Å². The predicted octanol–water partition coefficient (Wildman–Crippen LogP) is 5.48. The molecule has 0 bridgehead atoms. The zero-order valence-corrected chi connectivity index (χ0v) is 25.2. The first-order chi connectivity index (χ1) is 20.4. The lowest BCUT2D eigenvalue weighted by molar-refractivity contribution is -0.130. The van der Waals surface area contributed by atoms with Crippen molar-refractivity contribution < 1.29 is 14.3 Å². The number of pyridine rings is 1. The molecule has 0 radical (unpaired) electrons. The van der Waals surface area contributed by atoms with Crippen molar-refractivity contribution in [1.29, 1.82) is 0 Å². The Morgan fingerprint density at radius 3 is 2.69 bits per heavy atom. The molecule has 2 atom stereocenters. The number of nitrogens with zero attached hydrogens (tertiary/aromatic N) is 6. The SMILES string of the molecule is CCc1nc2ccc(C3CCCN(CCC(=O)N4CCC(O)C4)CC3)cn2c1N(C)c1nc(-c2ccc(F)cc2)cs1. The summed E-state index contributed by atoms with van der Waals surface area (Å²) in [5, 5.41) is 12.6. The van der Waals surface area contributed by atoms with Gasteiger partial charge < -0.3 is 19.8 Å². The van der Waals surface area contributed by atoms with Crippen LogP contribution >= 0.6 is 11.3 Å². The number of hydrogen-bond donors (Lipinski definition) is 1. The molecule has 3 aromatic heterocycles. The molecule has 2 fully saturated rings. The third kappa shape index (κ3) is 6.07. The number of halogens is 1. The molecular formula is C32H39FN6O2S. The number of fused-ring (bicyclic) bond motifs is 1. The van der Waals surface area contributed by atoms with Crippen LogP contribution < -0.4 is 4.90 Å². The van der Waals surface area contributed by atoms with Gasteiger partial charge >= 0.3 is 0 Å². The number of rotatable bonds is 8. The normalized spacial score (nSPS) is 19.9. The summed E-state index contributed by atoms with van der Waals surface area (Å²) < 4.78 is 15.6. The number of aromatic nitrogens is 3. The number of aliphatic hydroxyl groups excluding tert-OH is 1. The number of carbonyl (C=O) groups is 1. The molecule has 1 N–H and O–H groups in total. The van der Waals surface area contributed by atoms with Crippen LogP contribution in [0.1, 0.15) is 56.2 Å². The Labute approximate surface area is 250 Å². The van der Waals surface area contributed by atoms with E-state index < -0.39 is 0 Å². The molecule has 42 heavy (non-hydrogen) atoms. The molecule has 1 aromatic carbocycles. The third-order valence-electron chi connectivity index (χ3n) is 8.71. The van der Waals surface area contributed by atoms with E-state index in [4.69, 9.17) is 9.97 Å². The maximum absolute atomic E-state index is 13.4. The van der Waals surface area contributed by atoms with Crippen molar-refractivity contribution in [1.82, 2.24) is 24.2 Å². The lowest BCUT2D eigenvalue weighted by atomic mass is 9.93. The van der Waals surface area contributed by atoms with Crippen LogP contribution in [0.2, 0.25) is 0 Å². The summed E-state index contributed by atoms with van der Waals surface area (Å²) in [7, 11) is 2.04. The molecule has 1 amide bonds. The molecule has 222 valence electrons. The highest BCUT2D eigenvalue weighted by atomic mass is 32.1. The van der Waals surface area contributed by atoms with Crippen molar-refractivity contribution >= 4 is 33.8 Å². The molecule has 8 nitrogen and oxygen atoms in total. The summed E-state index contributed by atoms with van der Waals surface area (Å²) in [5.41, 5.74) is 4.98. The van der Waals surface area contributed by atoms with Gasteiger partial charge in [0.2, 0.25) is 5.91 Å². The van der Waals surface area contributed by atoms with Crippen LogP contribution in [0.3, 0.4) is 0 Å². The number of thiazole rings is 1. The highest BCUT2D eigenvalue weighted by molar-refractivity contribution is 7.14. The fraction of sp³-hybridized carbons (Fsp3) is 0.469. The van der Waals surface area contributed by atoms with Crippen molar-refractivity contribution in [2.75, 3.05) is 44.7 Å². The van der Waals surface area contributed by atoms with E-state index in [0.717, 1.165) is 78.9 Å². The van der Waals surface area contributed by atoms with E-state index in [-0.39, 0.29) is 17.8 Å². The molecule has 2 unspecified atom stereocenters. The van der Waals surface area contributed by atoms with E-state index >= 15 is 0 Å². The number of imidazole rings is 1. The molecule has 2 saturated heterocycles. The Balaban J connectivity index is 1.17. The predicted molar refractivity (Wildman–Crippen MR) is 165 cm³/mol. The summed E-state index contributed by atoms with van der Waals surface area (Å²) in [5.74, 6) is 1.37. The highest BCUT2D eigenvalue weighted by Gasteiger charge is 2.26. The number of aliphatic hydroxyl groups is 1. The van der Waals surface area contributed by atoms with Gasteiger partial charge in [-0.25, -0.2) is 14.4 Å². The van der Waals surface area contributed by atoms with E-state index in [1.165, 1.54) is 17.7 Å². The van der Waals surface area contributed by atoms with E-state index in [1.54, 1.807) is 28.4 Å². The number of amides is 1. The summed E-state index contributed by atoms with van der Waals surface area (Å²) in [6.07, 6.45) is 7.17. The maximum Gasteiger partial charge on any atom is 0.223 e. The van der Waals surface area contributed by atoms with Gasteiger partial charge in [0.15, 0.2) is 5.13 Å². The first-order valence-corrected chi connectivity index (χ1v) is 15.9. The fourth-order valence-corrected chi connectivity index (χ4v) is 7.09. The minimum atomic E-state index is -0.366. The first-order valence-electron chi connectivity index (χ1n) is 15.0. The van der Waals surface area contributed by atoms with Gasteiger partial charge in [0.1, 0.15) is 17.3 Å². The van der Waals surface area contributed by atoms with Crippen molar-refractivity contribution in [3.8, 4) is 11.3 Å². The second kappa shape index (κ2) is 12.5. The second-order valence-electron chi connectivity index (χ2n) is 11.5. The summed E-state index contributed by atoms with van der Waals surface area (Å²) >= 11 is 1.57. The highest BCUT2D eigenvalue weighted by Crippen LogP contribution is 2.35. The van der Waals surface area contributed by atoms with Crippen molar-refractivity contribution in [3.05, 3.63) is 65.0 Å². The van der Waals surface area contributed by atoms with E-state index in [1.807, 2.05) is 12.4 Å². The molecule has 0 saturated carbocycles. The quantitative estimate of drug-likeness (QED) is 0.293. The average Bonchev–Trinajstić information content (AvgIpc) is 3.71. The first kappa shape index (κ1) is 28.8. The molecule has 10 heteroatoms. The Bertz CT molecular complexity index is 1540. The Morgan fingerprint density at radius 1 is 1.10 bits per heavy atom. The average molecular weight is 591 g/mol. The van der Waals surface area contributed by atoms with Gasteiger partial charge in [-0.2, -0.15) is 0 Å². The zero-order valence-electron chi connectivity index (χ0n) is 24.4. The number of aryl methyl sites for hydroxylation is 1. The minimum Gasteiger partial charge on any atom is -0.391 e. The Kier molecular flexibility index (Phi) is 8.55. The number of anilines is 2. The number of likely N-dealkylation sites (tertiary alicyclic amines) is 2. The van der Waals surface area contributed by atoms with E-state index in [2.05, 4.69) is 39.5 Å². The van der Waals surface area contributed by atoms with Crippen LogP contribution in [0.25, 0.3) is 16.9 Å². The molecule has 2 aliphatic heterocycles. The van der Waals surface area contributed by atoms with Crippen LogP contribution in [-0.4, -0.2) is 81.1 Å². The van der Waals surface area contributed by atoms with Gasteiger partial charge in [-0.15, -0.1) is 11.3 Å². The summed E-state index contributed by atoms with van der Waals surface area (Å²) in [6.45, 7) is 6.04. The number of hydrogen-bond acceptors (Lipinski definition) is 7. The van der Waals surface area contributed by atoms with Crippen molar-refractivity contribution in [3.63, 3.8) is 0 Å². The lowest BCUT2D eigenvalue weighted by Crippen LogP contribution is -2.34. The molecule has 2 aliphatic rings. The van der Waals surface area contributed by atoms with Crippen LogP contribution in [0.15, 0.2) is 48.0 Å². The molecule has 0 aliphatic carbocycles. The Hall–Kier alpha value is -3.34. The largest absolute Gasteiger partial charge is 0.391 e. The number of benzene rings is 1. The zero-order chi connectivity index (χ0) is 29.2. The topological polar surface area (TPSA) is 77.2 Å². The summed E-state index contributed by atoms with van der Waals surface area (Å²) in [4.78, 5) is 28.8. The smallest absolute Gasteiger partial charge is 0.223 e. The van der Waals surface area contributed by atoms with Gasteiger partial charge in [0.25, 0.3) is 0 Å². The molecular weight excluding hydrogens is 551 g/mol.